The average Bonchev–Trinajstić information content (AvgIpc) is 3.26. The van der Waals surface area contributed by atoms with E-state index in [1.807, 2.05) is 37.4 Å². The van der Waals surface area contributed by atoms with Crippen molar-refractivity contribution in [3.63, 3.8) is 0 Å². The van der Waals surface area contributed by atoms with Crippen molar-refractivity contribution in [2.24, 2.45) is 0 Å². The summed E-state index contributed by atoms with van der Waals surface area (Å²) in [4.78, 5) is 36.5. The lowest BCUT2D eigenvalue weighted by atomic mass is 9.95. The van der Waals surface area contributed by atoms with E-state index in [4.69, 9.17) is 0 Å². The van der Waals surface area contributed by atoms with Gasteiger partial charge in [-0.25, -0.2) is 4.98 Å². The highest BCUT2D eigenvalue weighted by molar-refractivity contribution is 7.98. The average molecular weight is 474 g/mol. The van der Waals surface area contributed by atoms with Crippen LogP contribution in [0.2, 0.25) is 0 Å². The van der Waals surface area contributed by atoms with Crippen molar-refractivity contribution in [3.8, 4) is 0 Å². The smallest absolute Gasteiger partial charge is 0.290 e. The zero-order valence-corrected chi connectivity index (χ0v) is 21.0. The van der Waals surface area contributed by atoms with Gasteiger partial charge in [-0.15, -0.1) is 23.1 Å². The van der Waals surface area contributed by atoms with Crippen LogP contribution in [0.25, 0.3) is 0 Å². The molecule has 0 aliphatic carbocycles. The molecule has 1 aromatic heterocycles. The molecule has 1 N–H and O–H groups in total. The second-order valence-corrected chi connectivity index (χ2v) is 9.88. The Kier molecular flexibility index (Phi) is 8.14. The minimum absolute atomic E-state index is 0.154. The molecule has 1 atom stereocenters. The molecule has 1 aliphatic heterocycles. The van der Waals surface area contributed by atoms with Crippen LogP contribution in [0.15, 0.2) is 40.5 Å². The van der Waals surface area contributed by atoms with Gasteiger partial charge in [-0.2, -0.15) is 0 Å². The van der Waals surface area contributed by atoms with Gasteiger partial charge in [-0.3, -0.25) is 9.59 Å². The highest BCUT2D eigenvalue weighted by Gasteiger charge is 2.44. The first kappa shape index (κ1) is 24.5. The fourth-order valence-corrected chi connectivity index (χ4v) is 5.40. The summed E-state index contributed by atoms with van der Waals surface area (Å²) in [6.07, 6.45) is 2.77. The minimum Gasteiger partial charge on any atom is -0.503 e. The number of aliphatic hydroxyl groups excluding tert-OH is 1. The molecule has 8 heteroatoms. The number of aromatic nitrogens is 1. The topological polar surface area (TPSA) is 73.7 Å². The number of hydrogen-bond acceptors (Lipinski definition) is 7. The fourth-order valence-electron chi connectivity index (χ4n) is 4.12. The predicted molar refractivity (Wildman–Crippen MR) is 131 cm³/mol. The van der Waals surface area contributed by atoms with Crippen molar-refractivity contribution >= 4 is 34.8 Å². The number of Topliss-reactive ketones (excluding diaryl/α,β-unsaturated/α-hetero) is 1. The number of rotatable bonds is 10. The lowest BCUT2D eigenvalue weighted by molar-refractivity contribution is -0.129. The number of ketones is 1. The maximum absolute atomic E-state index is 13.5. The standard InChI is InChI=1S/C24H31N3O3S2/c1-6-26(7-2)13-8-14-27-20(17-9-11-18(31-5)12-10-17)19(22(29)24(27)30)21(28)23-15(3)25-16(4)32-23/h9-12,20,29H,6-8,13-14H2,1-5H3. The first-order chi connectivity index (χ1) is 15.3. The maximum Gasteiger partial charge on any atom is 0.290 e. The van der Waals surface area contributed by atoms with E-state index in [0.29, 0.717) is 17.1 Å². The number of aliphatic hydroxyl groups is 1. The second kappa shape index (κ2) is 10.6. The largest absolute Gasteiger partial charge is 0.503 e. The van der Waals surface area contributed by atoms with Crippen LogP contribution in [0, 0.1) is 13.8 Å². The van der Waals surface area contributed by atoms with E-state index in [2.05, 4.69) is 23.7 Å². The summed E-state index contributed by atoms with van der Waals surface area (Å²) in [5.74, 6) is -1.24. The number of amides is 1. The van der Waals surface area contributed by atoms with Crippen LogP contribution in [-0.4, -0.2) is 64.0 Å². The molecule has 6 nitrogen and oxygen atoms in total. The minimum atomic E-state index is -0.607. The first-order valence-electron chi connectivity index (χ1n) is 10.9. The Bertz CT molecular complexity index is 1010. The van der Waals surface area contributed by atoms with E-state index < -0.39 is 17.7 Å². The summed E-state index contributed by atoms with van der Waals surface area (Å²) in [5, 5.41) is 11.6. The third-order valence-corrected chi connectivity index (χ3v) is 7.67. The molecule has 0 fully saturated rings. The molecule has 32 heavy (non-hydrogen) atoms. The van der Waals surface area contributed by atoms with Gasteiger partial charge in [-0.05, 0) is 63.9 Å². The Morgan fingerprint density at radius 3 is 2.41 bits per heavy atom. The van der Waals surface area contributed by atoms with E-state index in [1.54, 1.807) is 23.6 Å². The summed E-state index contributed by atoms with van der Waals surface area (Å²) in [7, 11) is 0. The Morgan fingerprint density at radius 1 is 1.22 bits per heavy atom. The highest BCUT2D eigenvalue weighted by Crippen LogP contribution is 2.40. The molecule has 1 amide bonds. The van der Waals surface area contributed by atoms with E-state index >= 15 is 0 Å². The van der Waals surface area contributed by atoms with Gasteiger partial charge in [0, 0.05) is 11.4 Å². The fraction of sp³-hybridized carbons (Fsp3) is 0.458. The Balaban J connectivity index is 1.98. The SMILES string of the molecule is CCN(CC)CCCN1C(=O)C(O)=C(C(=O)c2sc(C)nc2C)C1c1ccc(SC)cc1. The lowest BCUT2D eigenvalue weighted by Crippen LogP contribution is -2.34. The van der Waals surface area contributed by atoms with Crippen molar-refractivity contribution in [1.82, 2.24) is 14.8 Å². The van der Waals surface area contributed by atoms with Crippen molar-refractivity contribution in [2.45, 2.75) is 45.1 Å². The third-order valence-electron chi connectivity index (χ3n) is 5.86. The predicted octanol–water partition coefficient (Wildman–Crippen LogP) is 4.79. The van der Waals surface area contributed by atoms with E-state index in [1.165, 1.54) is 11.3 Å². The molecular weight excluding hydrogens is 442 g/mol. The van der Waals surface area contributed by atoms with Gasteiger partial charge >= 0.3 is 0 Å². The van der Waals surface area contributed by atoms with E-state index in [-0.39, 0.29) is 11.4 Å². The normalized spacial score (nSPS) is 16.5. The quantitative estimate of drug-likeness (QED) is 0.395. The number of hydrogen-bond donors (Lipinski definition) is 1. The van der Waals surface area contributed by atoms with Crippen LogP contribution in [0.1, 0.15) is 52.2 Å². The van der Waals surface area contributed by atoms with Crippen molar-refractivity contribution in [1.29, 1.82) is 0 Å². The van der Waals surface area contributed by atoms with Crippen LogP contribution in [0.4, 0.5) is 0 Å². The maximum atomic E-state index is 13.5. The van der Waals surface area contributed by atoms with Gasteiger partial charge in [0.15, 0.2) is 5.76 Å². The van der Waals surface area contributed by atoms with Gasteiger partial charge in [-0.1, -0.05) is 26.0 Å². The Morgan fingerprint density at radius 2 is 1.88 bits per heavy atom. The van der Waals surface area contributed by atoms with Crippen LogP contribution < -0.4 is 0 Å². The molecule has 0 bridgehead atoms. The van der Waals surface area contributed by atoms with Crippen LogP contribution in [0.3, 0.4) is 0 Å². The van der Waals surface area contributed by atoms with Gasteiger partial charge in [0.1, 0.15) is 0 Å². The van der Waals surface area contributed by atoms with Gasteiger partial charge in [0.25, 0.3) is 5.91 Å². The molecular formula is C24H31N3O3S2. The molecule has 2 heterocycles. The summed E-state index contributed by atoms with van der Waals surface area (Å²) in [5.41, 5.74) is 1.61. The number of carbonyl (C=O) groups excluding carboxylic acids is 2. The molecule has 0 spiro atoms. The van der Waals surface area contributed by atoms with Crippen LogP contribution in [-0.2, 0) is 4.79 Å². The summed E-state index contributed by atoms with van der Waals surface area (Å²) in [6, 6.07) is 7.25. The molecule has 1 aromatic carbocycles. The number of carbonyl (C=O) groups is 2. The Hall–Kier alpha value is -2.16. The highest BCUT2D eigenvalue weighted by atomic mass is 32.2. The molecule has 3 rings (SSSR count). The molecule has 0 saturated carbocycles. The van der Waals surface area contributed by atoms with Crippen molar-refractivity contribution < 1.29 is 14.7 Å². The van der Waals surface area contributed by atoms with Gasteiger partial charge in [0.2, 0.25) is 5.78 Å². The summed E-state index contributed by atoms with van der Waals surface area (Å²) in [6.45, 7) is 11.1. The molecule has 172 valence electrons. The molecule has 1 unspecified atom stereocenters. The first-order valence-corrected chi connectivity index (χ1v) is 13.0. The lowest BCUT2D eigenvalue weighted by Gasteiger charge is -2.28. The molecule has 0 radical (unpaired) electrons. The Labute approximate surface area is 198 Å². The zero-order chi connectivity index (χ0) is 23.4. The van der Waals surface area contributed by atoms with E-state index in [9.17, 15) is 14.7 Å². The summed E-state index contributed by atoms with van der Waals surface area (Å²) >= 11 is 2.93. The van der Waals surface area contributed by atoms with Gasteiger partial charge in [0.05, 0.1) is 27.2 Å². The number of nitrogens with zero attached hydrogens (tertiary/aromatic N) is 3. The van der Waals surface area contributed by atoms with Crippen LogP contribution >= 0.6 is 23.1 Å². The van der Waals surface area contributed by atoms with Crippen molar-refractivity contribution in [3.05, 3.63) is 56.7 Å². The number of thioether (sulfide) groups is 1. The van der Waals surface area contributed by atoms with E-state index in [0.717, 1.165) is 41.5 Å². The monoisotopic (exact) mass is 473 g/mol. The van der Waals surface area contributed by atoms with Crippen LogP contribution in [0.5, 0.6) is 0 Å². The number of thiazole rings is 1. The number of aryl methyl sites for hydroxylation is 2. The number of benzene rings is 1. The second-order valence-electron chi connectivity index (χ2n) is 7.79. The zero-order valence-electron chi connectivity index (χ0n) is 19.3. The molecule has 2 aromatic rings. The molecule has 1 aliphatic rings. The van der Waals surface area contributed by atoms with Gasteiger partial charge < -0.3 is 14.9 Å². The molecule has 0 saturated heterocycles. The third kappa shape index (κ3) is 4.92. The van der Waals surface area contributed by atoms with Crippen molar-refractivity contribution in [2.75, 3.05) is 32.4 Å². The summed E-state index contributed by atoms with van der Waals surface area (Å²) < 4.78 is 0.